The van der Waals surface area contributed by atoms with E-state index in [0.29, 0.717) is 58.7 Å². The molecule has 10 nitrogen and oxygen atoms in total. The zero-order valence-corrected chi connectivity index (χ0v) is 20.5. The first kappa shape index (κ1) is 23.7. The van der Waals surface area contributed by atoms with Crippen molar-refractivity contribution in [2.45, 2.75) is 33.5 Å². The lowest BCUT2D eigenvalue weighted by Gasteiger charge is -2.19. The van der Waals surface area contributed by atoms with Crippen LogP contribution in [0.5, 0.6) is 11.5 Å². The number of aryl methyl sites for hydroxylation is 2. The van der Waals surface area contributed by atoms with Crippen molar-refractivity contribution in [1.29, 1.82) is 0 Å². The average Bonchev–Trinajstić information content (AvgIpc) is 3.21. The maximum atomic E-state index is 13.6. The van der Waals surface area contributed by atoms with Crippen molar-refractivity contribution in [3.05, 3.63) is 79.6 Å². The van der Waals surface area contributed by atoms with Gasteiger partial charge in [-0.1, -0.05) is 29.8 Å². The van der Waals surface area contributed by atoms with E-state index < -0.39 is 17.2 Å². The van der Waals surface area contributed by atoms with Crippen LogP contribution in [0.25, 0.3) is 11.0 Å². The van der Waals surface area contributed by atoms with Gasteiger partial charge in [0.25, 0.3) is 5.56 Å². The summed E-state index contributed by atoms with van der Waals surface area (Å²) in [4.78, 5) is 40.1. The molecule has 186 valence electrons. The summed E-state index contributed by atoms with van der Waals surface area (Å²) in [7, 11) is 0. The van der Waals surface area contributed by atoms with Crippen molar-refractivity contribution >= 4 is 34.2 Å². The van der Waals surface area contributed by atoms with Crippen molar-refractivity contribution < 1.29 is 14.3 Å². The molecule has 5 rings (SSSR count). The molecule has 1 N–H and O–H groups in total. The summed E-state index contributed by atoms with van der Waals surface area (Å²) in [6.45, 7) is 4.52. The van der Waals surface area contributed by atoms with E-state index in [-0.39, 0.29) is 18.6 Å². The zero-order chi connectivity index (χ0) is 25.4. The third-order valence-corrected chi connectivity index (χ3v) is 6.36. The van der Waals surface area contributed by atoms with Gasteiger partial charge in [0.1, 0.15) is 25.3 Å². The number of ether oxygens (including phenoxy) is 2. The minimum atomic E-state index is -0.622. The number of nitrogens with zero attached hydrogens (tertiary/aromatic N) is 4. The number of amides is 1. The number of fused-ring (bicyclic) bond motifs is 2. The Bertz CT molecular complexity index is 1600. The van der Waals surface area contributed by atoms with Crippen LogP contribution in [0.15, 0.2) is 52.1 Å². The van der Waals surface area contributed by atoms with E-state index in [0.717, 1.165) is 4.57 Å². The van der Waals surface area contributed by atoms with Gasteiger partial charge in [0, 0.05) is 23.3 Å². The number of rotatable bonds is 6. The molecule has 0 saturated heterocycles. The van der Waals surface area contributed by atoms with Crippen LogP contribution < -0.4 is 26.0 Å². The molecule has 36 heavy (non-hydrogen) atoms. The molecular formula is C25H24ClN5O5. The largest absolute Gasteiger partial charge is 0.486 e. The van der Waals surface area contributed by atoms with Gasteiger partial charge in [0.05, 0.1) is 12.2 Å². The summed E-state index contributed by atoms with van der Waals surface area (Å²) >= 11 is 6.30. The molecule has 1 aliphatic heterocycles. The van der Waals surface area contributed by atoms with E-state index in [4.69, 9.17) is 21.1 Å². The summed E-state index contributed by atoms with van der Waals surface area (Å²) in [6.07, 6.45) is 0. The molecule has 0 radical (unpaired) electrons. The number of anilines is 1. The highest BCUT2D eigenvalue weighted by Gasteiger charge is 2.22. The second-order valence-corrected chi connectivity index (χ2v) is 8.76. The van der Waals surface area contributed by atoms with E-state index in [1.807, 2.05) is 6.92 Å². The quantitative estimate of drug-likeness (QED) is 0.428. The fourth-order valence-corrected chi connectivity index (χ4v) is 4.54. The van der Waals surface area contributed by atoms with Gasteiger partial charge in [0.15, 0.2) is 17.0 Å². The first-order chi connectivity index (χ1) is 17.4. The Morgan fingerprint density at radius 3 is 2.56 bits per heavy atom. The van der Waals surface area contributed by atoms with Crippen LogP contribution >= 0.6 is 11.6 Å². The lowest BCUT2D eigenvalue weighted by molar-refractivity contribution is -0.116. The molecule has 0 aliphatic carbocycles. The van der Waals surface area contributed by atoms with E-state index >= 15 is 0 Å². The van der Waals surface area contributed by atoms with Crippen molar-refractivity contribution in [3.8, 4) is 11.5 Å². The Balaban J connectivity index is 1.56. The molecule has 1 aliphatic rings. The molecule has 0 spiro atoms. The highest BCUT2D eigenvalue weighted by molar-refractivity contribution is 6.31. The third kappa shape index (κ3) is 4.24. The van der Waals surface area contributed by atoms with Gasteiger partial charge >= 0.3 is 5.69 Å². The third-order valence-electron chi connectivity index (χ3n) is 5.99. The maximum absolute atomic E-state index is 13.6. The van der Waals surface area contributed by atoms with Crippen LogP contribution in [0.4, 0.5) is 5.69 Å². The summed E-state index contributed by atoms with van der Waals surface area (Å²) < 4.78 is 15.0. The topological polar surface area (TPSA) is 109 Å². The molecule has 2 aromatic carbocycles. The van der Waals surface area contributed by atoms with Gasteiger partial charge in [-0.15, -0.1) is 0 Å². The number of carbonyl (C=O) groups excluding carboxylic acids is 1. The molecule has 1 amide bonds. The lowest BCUT2D eigenvalue weighted by Crippen LogP contribution is -2.42. The van der Waals surface area contributed by atoms with Crippen molar-refractivity contribution in [2.75, 3.05) is 18.5 Å². The average molecular weight is 510 g/mol. The van der Waals surface area contributed by atoms with Crippen LogP contribution in [0, 0.1) is 6.92 Å². The summed E-state index contributed by atoms with van der Waals surface area (Å²) in [6, 6.07) is 12.1. The highest BCUT2D eigenvalue weighted by atomic mass is 35.5. The van der Waals surface area contributed by atoms with Gasteiger partial charge in [-0.05, 0) is 37.6 Å². The van der Waals surface area contributed by atoms with E-state index in [9.17, 15) is 14.4 Å². The smallest absolute Gasteiger partial charge is 0.332 e. The summed E-state index contributed by atoms with van der Waals surface area (Å²) in [5, 5.41) is 7.66. The molecule has 2 aromatic heterocycles. The van der Waals surface area contributed by atoms with E-state index in [2.05, 4.69) is 10.4 Å². The van der Waals surface area contributed by atoms with Gasteiger partial charge in [0.2, 0.25) is 5.91 Å². The monoisotopic (exact) mass is 509 g/mol. The molecule has 0 atom stereocenters. The van der Waals surface area contributed by atoms with Crippen LogP contribution in [-0.4, -0.2) is 38.0 Å². The number of aromatic nitrogens is 4. The second kappa shape index (κ2) is 9.54. The normalized spacial score (nSPS) is 12.6. The number of hydrogen-bond acceptors (Lipinski definition) is 6. The molecule has 0 saturated carbocycles. The van der Waals surface area contributed by atoms with Gasteiger partial charge in [-0.2, -0.15) is 5.10 Å². The Labute approximate surface area is 210 Å². The van der Waals surface area contributed by atoms with Gasteiger partial charge in [-0.25, -0.2) is 4.79 Å². The SMILES string of the molecule is CCn1nc(C)c2c1c(=O)n(Cc1ccccc1Cl)c(=O)n2CC(=O)Nc1ccc2c(c1)OCCO2. The predicted molar refractivity (Wildman–Crippen MR) is 135 cm³/mol. The zero-order valence-electron chi connectivity index (χ0n) is 19.8. The van der Waals surface area contributed by atoms with Crippen LogP contribution in [0.1, 0.15) is 18.2 Å². The molecule has 0 unspecified atom stereocenters. The Morgan fingerprint density at radius 2 is 1.81 bits per heavy atom. The van der Waals surface area contributed by atoms with Crippen molar-refractivity contribution in [1.82, 2.24) is 18.9 Å². The Kier molecular flexibility index (Phi) is 6.27. The van der Waals surface area contributed by atoms with E-state index in [1.54, 1.807) is 54.1 Å². The van der Waals surface area contributed by atoms with Gasteiger partial charge in [-0.3, -0.25) is 23.4 Å². The fraction of sp³-hybridized carbons (Fsp3) is 0.280. The van der Waals surface area contributed by atoms with Crippen molar-refractivity contribution in [2.24, 2.45) is 0 Å². The predicted octanol–water partition coefficient (Wildman–Crippen LogP) is 2.80. The standard InChI is InChI=1S/C25H24ClN5O5/c1-3-31-23-22(15(2)28-31)29(25(34)30(24(23)33)13-16-6-4-5-7-18(16)26)14-21(32)27-17-8-9-19-20(12-17)36-11-10-35-19/h4-9,12H,3,10-11,13-14H2,1-2H3,(H,27,32). The van der Waals surface area contributed by atoms with E-state index in [1.165, 1.54) is 4.57 Å². The summed E-state index contributed by atoms with van der Waals surface area (Å²) in [5.74, 6) is 0.695. The molecule has 0 fully saturated rings. The molecule has 4 aromatic rings. The Morgan fingerprint density at radius 1 is 1.06 bits per heavy atom. The van der Waals surface area contributed by atoms with Crippen LogP contribution in [0.2, 0.25) is 5.02 Å². The highest BCUT2D eigenvalue weighted by Crippen LogP contribution is 2.32. The van der Waals surface area contributed by atoms with Gasteiger partial charge < -0.3 is 14.8 Å². The minimum Gasteiger partial charge on any atom is -0.486 e. The number of nitrogens with one attached hydrogen (secondary N) is 1. The molecular weight excluding hydrogens is 486 g/mol. The molecule has 11 heteroatoms. The fourth-order valence-electron chi connectivity index (χ4n) is 4.34. The minimum absolute atomic E-state index is 0.0367. The number of halogens is 1. The second-order valence-electron chi connectivity index (χ2n) is 8.36. The molecule has 3 heterocycles. The molecule has 0 bridgehead atoms. The Hall–Kier alpha value is -4.05. The van der Waals surface area contributed by atoms with Crippen LogP contribution in [0.3, 0.4) is 0 Å². The number of hydrogen-bond donors (Lipinski definition) is 1. The number of benzene rings is 2. The lowest BCUT2D eigenvalue weighted by atomic mass is 10.2. The van der Waals surface area contributed by atoms with Crippen LogP contribution in [-0.2, 0) is 24.4 Å². The summed E-state index contributed by atoms with van der Waals surface area (Å²) in [5.41, 5.74) is 1.08. The first-order valence-corrected chi connectivity index (χ1v) is 11.9. The van der Waals surface area contributed by atoms with Crippen molar-refractivity contribution in [3.63, 3.8) is 0 Å². The number of carbonyl (C=O) groups is 1. The maximum Gasteiger partial charge on any atom is 0.332 e. The first-order valence-electron chi connectivity index (χ1n) is 11.5.